The summed E-state index contributed by atoms with van der Waals surface area (Å²) in [6.07, 6.45) is 0. The first-order valence-electron chi connectivity index (χ1n) is 12.7. The van der Waals surface area contributed by atoms with E-state index in [9.17, 15) is 0 Å². The van der Waals surface area contributed by atoms with E-state index >= 15 is 0 Å². The third-order valence-electron chi connectivity index (χ3n) is 7.22. The van der Waals surface area contributed by atoms with Crippen molar-refractivity contribution in [2.24, 2.45) is 0 Å². The topological polar surface area (TPSA) is 43.9 Å². The van der Waals surface area contributed by atoms with E-state index in [1.807, 2.05) is 54.6 Å². The van der Waals surface area contributed by atoms with E-state index in [2.05, 4.69) is 77.4 Å². The Morgan fingerprint density at radius 1 is 0.526 bits per heavy atom. The number of nitrogens with zero attached hydrogens (tertiary/aromatic N) is 3. The summed E-state index contributed by atoms with van der Waals surface area (Å²) in [6, 6.07) is 43.7. The normalized spacial score (nSPS) is 11.7. The fourth-order valence-corrected chi connectivity index (χ4v) is 5.58. The van der Waals surface area contributed by atoms with Crippen molar-refractivity contribution in [1.29, 1.82) is 0 Å². The van der Waals surface area contributed by atoms with E-state index in [1.165, 1.54) is 10.8 Å². The minimum atomic E-state index is 0.588. The molecule has 0 aliphatic heterocycles. The van der Waals surface area contributed by atoms with Gasteiger partial charge in [-0.2, -0.15) is 4.98 Å². The molecule has 3 aromatic heterocycles. The maximum Gasteiger partial charge on any atom is 0.231 e. The van der Waals surface area contributed by atoms with Crippen molar-refractivity contribution < 1.29 is 4.42 Å². The number of rotatable bonds is 3. The highest BCUT2D eigenvalue weighted by Gasteiger charge is 2.23. The predicted octanol–water partition coefficient (Wildman–Crippen LogP) is 8.81. The molecule has 0 aliphatic carbocycles. The predicted molar refractivity (Wildman–Crippen MR) is 155 cm³/mol. The van der Waals surface area contributed by atoms with Gasteiger partial charge >= 0.3 is 0 Å². The maximum atomic E-state index is 6.51. The van der Waals surface area contributed by atoms with Crippen molar-refractivity contribution in [3.8, 4) is 28.3 Å². The molecule has 0 atom stereocenters. The molecule has 4 nitrogen and oxygen atoms in total. The Morgan fingerprint density at radius 2 is 1.18 bits per heavy atom. The molecule has 3 heterocycles. The Kier molecular flexibility index (Phi) is 4.49. The minimum Gasteiger partial charge on any atom is -0.437 e. The quantitative estimate of drug-likeness (QED) is 0.250. The molecule has 0 bridgehead atoms. The highest BCUT2D eigenvalue weighted by Crippen LogP contribution is 2.43. The second kappa shape index (κ2) is 8.15. The number of aromatic nitrogens is 3. The largest absolute Gasteiger partial charge is 0.437 e. The van der Waals surface area contributed by atoms with Gasteiger partial charge in [-0.15, -0.1) is 0 Å². The summed E-state index contributed by atoms with van der Waals surface area (Å²) in [5.74, 6) is 0.649. The Balaban J connectivity index is 1.59. The molecule has 38 heavy (non-hydrogen) atoms. The van der Waals surface area contributed by atoms with Crippen LogP contribution in [-0.2, 0) is 0 Å². The Hall–Kier alpha value is -5.22. The number of furan rings is 1. The highest BCUT2D eigenvalue weighted by atomic mass is 16.3. The molecule has 0 radical (unpaired) electrons. The molecule has 0 amide bonds. The van der Waals surface area contributed by atoms with Crippen LogP contribution in [0.25, 0.3) is 72.2 Å². The van der Waals surface area contributed by atoms with Crippen LogP contribution >= 0.6 is 0 Å². The SMILES string of the molecule is c1ccc(-c2nc(-c3ccccc3)c3c(n2)oc2ccc4c5ccccc5n(-c5ccccc5)c4c23)cc1. The monoisotopic (exact) mass is 487 g/mol. The van der Waals surface area contributed by atoms with Crippen LogP contribution in [0, 0.1) is 0 Å². The van der Waals surface area contributed by atoms with Crippen LogP contribution in [0.5, 0.6) is 0 Å². The summed E-state index contributed by atoms with van der Waals surface area (Å²) in [5.41, 5.74) is 7.58. The van der Waals surface area contributed by atoms with Gasteiger partial charge in [0.1, 0.15) is 5.58 Å². The molecule has 8 aromatic rings. The van der Waals surface area contributed by atoms with Crippen molar-refractivity contribution in [3.05, 3.63) is 127 Å². The number of hydrogen-bond donors (Lipinski definition) is 0. The Labute approximate surface area is 218 Å². The first-order valence-corrected chi connectivity index (χ1v) is 12.7. The average molecular weight is 488 g/mol. The van der Waals surface area contributed by atoms with E-state index < -0.39 is 0 Å². The van der Waals surface area contributed by atoms with Crippen molar-refractivity contribution in [2.45, 2.75) is 0 Å². The highest BCUT2D eigenvalue weighted by molar-refractivity contribution is 6.26. The molecule has 0 spiro atoms. The van der Waals surface area contributed by atoms with Gasteiger partial charge in [0, 0.05) is 27.6 Å². The first-order chi connectivity index (χ1) is 18.9. The van der Waals surface area contributed by atoms with Crippen LogP contribution in [0.2, 0.25) is 0 Å². The molecular weight excluding hydrogens is 466 g/mol. The molecule has 8 rings (SSSR count). The van der Waals surface area contributed by atoms with Crippen molar-refractivity contribution in [2.75, 3.05) is 0 Å². The Morgan fingerprint density at radius 3 is 1.95 bits per heavy atom. The lowest BCUT2D eigenvalue weighted by Gasteiger charge is -2.10. The van der Waals surface area contributed by atoms with E-state index in [-0.39, 0.29) is 0 Å². The van der Waals surface area contributed by atoms with Gasteiger partial charge in [0.25, 0.3) is 0 Å². The van der Waals surface area contributed by atoms with E-state index in [0.717, 1.165) is 49.9 Å². The number of fused-ring (bicyclic) bond motifs is 7. The van der Waals surface area contributed by atoms with Gasteiger partial charge in [-0.3, -0.25) is 0 Å². The summed E-state index contributed by atoms with van der Waals surface area (Å²) in [6.45, 7) is 0. The summed E-state index contributed by atoms with van der Waals surface area (Å²) >= 11 is 0. The van der Waals surface area contributed by atoms with E-state index in [4.69, 9.17) is 14.4 Å². The van der Waals surface area contributed by atoms with Crippen molar-refractivity contribution >= 4 is 43.9 Å². The summed E-state index contributed by atoms with van der Waals surface area (Å²) in [7, 11) is 0. The molecule has 0 fully saturated rings. The van der Waals surface area contributed by atoms with Gasteiger partial charge < -0.3 is 8.98 Å². The fourth-order valence-electron chi connectivity index (χ4n) is 5.58. The molecule has 0 N–H and O–H groups in total. The lowest BCUT2D eigenvalue weighted by Crippen LogP contribution is -1.95. The third-order valence-corrected chi connectivity index (χ3v) is 7.22. The maximum absolute atomic E-state index is 6.51. The van der Waals surface area contributed by atoms with Gasteiger partial charge in [-0.25, -0.2) is 4.98 Å². The summed E-state index contributed by atoms with van der Waals surface area (Å²) in [4.78, 5) is 10.1. The molecule has 4 heteroatoms. The third kappa shape index (κ3) is 3.04. The summed E-state index contributed by atoms with van der Waals surface area (Å²) in [5, 5.41) is 4.32. The minimum absolute atomic E-state index is 0.588. The number of hydrogen-bond acceptors (Lipinski definition) is 3. The van der Waals surface area contributed by atoms with Crippen LogP contribution in [0.4, 0.5) is 0 Å². The van der Waals surface area contributed by atoms with Gasteiger partial charge in [-0.05, 0) is 30.3 Å². The van der Waals surface area contributed by atoms with Crippen LogP contribution in [0.1, 0.15) is 0 Å². The van der Waals surface area contributed by atoms with Crippen molar-refractivity contribution in [1.82, 2.24) is 14.5 Å². The average Bonchev–Trinajstić information content (AvgIpc) is 3.53. The van der Waals surface area contributed by atoms with Gasteiger partial charge in [0.15, 0.2) is 5.82 Å². The molecule has 0 saturated carbocycles. The second-order valence-corrected chi connectivity index (χ2v) is 9.43. The first kappa shape index (κ1) is 20.9. The van der Waals surface area contributed by atoms with Crippen LogP contribution < -0.4 is 0 Å². The molecule has 0 aliphatic rings. The summed E-state index contributed by atoms with van der Waals surface area (Å²) < 4.78 is 8.84. The zero-order valence-corrected chi connectivity index (χ0v) is 20.4. The van der Waals surface area contributed by atoms with Crippen LogP contribution in [0.15, 0.2) is 132 Å². The number of benzene rings is 5. The fraction of sp³-hybridized carbons (Fsp3) is 0. The van der Waals surface area contributed by atoms with Crippen LogP contribution in [-0.4, -0.2) is 14.5 Å². The van der Waals surface area contributed by atoms with Crippen LogP contribution in [0.3, 0.4) is 0 Å². The van der Waals surface area contributed by atoms with Crippen molar-refractivity contribution in [3.63, 3.8) is 0 Å². The number of para-hydroxylation sites is 2. The molecule has 0 unspecified atom stereocenters. The second-order valence-electron chi connectivity index (χ2n) is 9.43. The molecular formula is C34H21N3O. The lowest BCUT2D eigenvalue weighted by atomic mass is 10.0. The smallest absolute Gasteiger partial charge is 0.231 e. The molecule has 5 aromatic carbocycles. The van der Waals surface area contributed by atoms with Gasteiger partial charge in [0.05, 0.1) is 27.5 Å². The van der Waals surface area contributed by atoms with Gasteiger partial charge in [0.2, 0.25) is 5.71 Å². The zero-order chi connectivity index (χ0) is 25.1. The lowest BCUT2D eigenvalue weighted by molar-refractivity contribution is 0.654. The standard InChI is InChI=1S/C34H21N3O/c1-4-12-22(13-5-1)31-30-29-28(38-34(30)36-33(35-31)23-14-6-2-7-15-23)21-20-26-25-18-10-11-19-27(25)37(32(26)29)24-16-8-3-9-17-24/h1-21H. The van der Waals surface area contributed by atoms with E-state index in [1.54, 1.807) is 0 Å². The molecule has 178 valence electrons. The van der Waals surface area contributed by atoms with E-state index in [0.29, 0.717) is 11.5 Å². The zero-order valence-electron chi connectivity index (χ0n) is 20.4. The molecule has 0 saturated heterocycles. The Bertz CT molecular complexity index is 2110. The van der Waals surface area contributed by atoms with Gasteiger partial charge in [-0.1, -0.05) is 97.1 Å².